The minimum atomic E-state index is 0.117. The number of rotatable bonds is 3. The summed E-state index contributed by atoms with van der Waals surface area (Å²) in [6.45, 7) is 0.619. The molecule has 1 fully saturated rings. The molecule has 1 aliphatic heterocycles. The number of fused-ring (bicyclic) bond motifs is 1. The van der Waals surface area contributed by atoms with E-state index in [1.807, 2.05) is 18.2 Å². The Hall–Kier alpha value is -1.75. The van der Waals surface area contributed by atoms with E-state index in [1.165, 1.54) is 18.4 Å². The predicted molar refractivity (Wildman–Crippen MR) is 70.3 cm³/mol. The molecule has 2 aliphatic rings. The second kappa shape index (κ2) is 4.86. The molecule has 1 aromatic carbocycles. The molecule has 96 valence electrons. The van der Waals surface area contributed by atoms with E-state index in [-0.39, 0.29) is 6.10 Å². The third-order valence-electron chi connectivity index (χ3n) is 3.22. The van der Waals surface area contributed by atoms with Crippen LogP contribution in [-0.4, -0.2) is 24.7 Å². The first kappa shape index (κ1) is 11.3. The van der Waals surface area contributed by atoms with Crippen LogP contribution in [0.4, 0.5) is 0 Å². The standard InChI is InChI=1S/C13H18N4O/c14-17-13(16-10-5-6-10)15-8-11-7-9-3-1-2-4-12(9)18-11/h1-4,10-11H,5-8,14H2,(H2,15,16,17). The number of aliphatic imine (C=N–C) groups is 1. The Morgan fingerprint density at radius 1 is 1.39 bits per heavy atom. The molecule has 0 radical (unpaired) electrons. The summed E-state index contributed by atoms with van der Waals surface area (Å²) in [6, 6.07) is 8.68. The van der Waals surface area contributed by atoms with Crippen molar-refractivity contribution < 1.29 is 4.74 Å². The quantitative estimate of drug-likeness (QED) is 0.315. The molecule has 1 heterocycles. The van der Waals surface area contributed by atoms with Crippen LogP contribution in [0.3, 0.4) is 0 Å². The maximum absolute atomic E-state index is 5.82. The molecule has 1 atom stereocenters. The van der Waals surface area contributed by atoms with Gasteiger partial charge in [-0.3, -0.25) is 5.43 Å². The Balaban J connectivity index is 1.56. The first-order chi connectivity index (χ1) is 8.85. The minimum Gasteiger partial charge on any atom is -0.488 e. The third-order valence-corrected chi connectivity index (χ3v) is 3.22. The topological polar surface area (TPSA) is 71.7 Å². The maximum atomic E-state index is 5.82. The summed E-state index contributed by atoms with van der Waals surface area (Å²) in [6.07, 6.45) is 3.44. The summed E-state index contributed by atoms with van der Waals surface area (Å²) in [5.74, 6) is 7.08. The maximum Gasteiger partial charge on any atom is 0.206 e. The van der Waals surface area contributed by atoms with Crippen molar-refractivity contribution in [1.29, 1.82) is 0 Å². The minimum absolute atomic E-state index is 0.117. The molecule has 0 saturated heterocycles. The molecule has 4 N–H and O–H groups in total. The number of hydrogen-bond donors (Lipinski definition) is 3. The number of ether oxygens (including phenoxy) is 1. The Morgan fingerprint density at radius 2 is 2.22 bits per heavy atom. The summed E-state index contributed by atoms with van der Waals surface area (Å²) < 4.78 is 5.82. The van der Waals surface area contributed by atoms with Crippen molar-refractivity contribution in [3.8, 4) is 5.75 Å². The van der Waals surface area contributed by atoms with Gasteiger partial charge in [-0.2, -0.15) is 0 Å². The number of guanidine groups is 1. The van der Waals surface area contributed by atoms with Gasteiger partial charge in [-0.15, -0.1) is 0 Å². The second-order valence-electron chi connectivity index (χ2n) is 4.80. The number of hydrogen-bond acceptors (Lipinski definition) is 3. The van der Waals surface area contributed by atoms with E-state index in [9.17, 15) is 0 Å². The SMILES string of the molecule is NNC(=NCC1Cc2ccccc2O1)NC1CC1. The van der Waals surface area contributed by atoms with Gasteiger partial charge < -0.3 is 10.1 Å². The van der Waals surface area contributed by atoms with E-state index in [2.05, 4.69) is 21.8 Å². The molecule has 0 amide bonds. The van der Waals surface area contributed by atoms with E-state index in [0.29, 0.717) is 18.5 Å². The van der Waals surface area contributed by atoms with Gasteiger partial charge in [0.15, 0.2) is 0 Å². The van der Waals surface area contributed by atoms with E-state index in [1.54, 1.807) is 0 Å². The fraction of sp³-hybridized carbons (Fsp3) is 0.462. The lowest BCUT2D eigenvalue weighted by molar-refractivity contribution is 0.241. The van der Waals surface area contributed by atoms with Crippen LogP contribution in [0, 0.1) is 0 Å². The van der Waals surface area contributed by atoms with Gasteiger partial charge >= 0.3 is 0 Å². The summed E-state index contributed by atoms with van der Waals surface area (Å²) >= 11 is 0. The van der Waals surface area contributed by atoms with Crippen molar-refractivity contribution in [3.05, 3.63) is 29.8 Å². The highest BCUT2D eigenvalue weighted by Gasteiger charge is 2.24. The van der Waals surface area contributed by atoms with Gasteiger partial charge in [0.05, 0.1) is 6.54 Å². The fourth-order valence-corrected chi connectivity index (χ4v) is 2.10. The van der Waals surface area contributed by atoms with Crippen LogP contribution in [0.25, 0.3) is 0 Å². The van der Waals surface area contributed by atoms with Crippen molar-refractivity contribution in [2.45, 2.75) is 31.4 Å². The van der Waals surface area contributed by atoms with Crippen molar-refractivity contribution in [3.63, 3.8) is 0 Å². The molecule has 5 nitrogen and oxygen atoms in total. The molecule has 0 aromatic heterocycles. The lowest BCUT2D eigenvalue weighted by Gasteiger charge is -2.11. The van der Waals surface area contributed by atoms with Gasteiger partial charge in [0, 0.05) is 12.5 Å². The molecule has 5 heteroatoms. The Bertz CT molecular complexity index is 431. The zero-order valence-corrected chi connectivity index (χ0v) is 10.2. The molecular formula is C13H18N4O. The van der Waals surface area contributed by atoms with Crippen LogP contribution >= 0.6 is 0 Å². The highest BCUT2D eigenvalue weighted by molar-refractivity contribution is 5.79. The van der Waals surface area contributed by atoms with Gasteiger partial charge in [-0.25, -0.2) is 10.8 Å². The number of nitrogens with zero attached hydrogens (tertiary/aromatic N) is 1. The number of nitrogens with two attached hydrogens (primary N) is 1. The summed E-state index contributed by atoms with van der Waals surface area (Å²) in [5.41, 5.74) is 3.86. The van der Waals surface area contributed by atoms with E-state index in [4.69, 9.17) is 10.6 Å². The Kier molecular flexibility index (Phi) is 3.06. The van der Waals surface area contributed by atoms with Crippen LogP contribution < -0.4 is 21.3 Å². The van der Waals surface area contributed by atoms with Gasteiger partial charge in [0.2, 0.25) is 5.96 Å². The molecular weight excluding hydrogens is 228 g/mol. The molecule has 1 unspecified atom stereocenters. The third kappa shape index (κ3) is 2.56. The number of hydrazine groups is 1. The summed E-state index contributed by atoms with van der Waals surface area (Å²) in [4.78, 5) is 4.43. The number of para-hydroxylation sites is 1. The molecule has 1 aromatic rings. The Morgan fingerprint density at radius 3 is 2.94 bits per heavy atom. The zero-order valence-electron chi connectivity index (χ0n) is 10.2. The smallest absolute Gasteiger partial charge is 0.206 e. The van der Waals surface area contributed by atoms with E-state index < -0.39 is 0 Å². The number of nitrogens with one attached hydrogen (secondary N) is 2. The van der Waals surface area contributed by atoms with Crippen LogP contribution in [0.2, 0.25) is 0 Å². The van der Waals surface area contributed by atoms with Crippen molar-refractivity contribution in [2.75, 3.05) is 6.54 Å². The predicted octanol–water partition coefficient (Wildman–Crippen LogP) is 0.561. The first-order valence-corrected chi connectivity index (χ1v) is 6.37. The van der Waals surface area contributed by atoms with Crippen LogP contribution in [0.15, 0.2) is 29.3 Å². The molecule has 0 spiro atoms. The highest BCUT2D eigenvalue weighted by Crippen LogP contribution is 2.28. The van der Waals surface area contributed by atoms with Gasteiger partial charge in [-0.05, 0) is 24.5 Å². The van der Waals surface area contributed by atoms with Crippen LogP contribution in [0.5, 0.6) is 5.75 Å². The molecule has 0 bridgehead atoms. The van der Waals surface area contributed by atoms with Gasteiger partial charge in [0.1, 0.15) is 11.9 Å². The average Bonchev–Trinajstić information content (AvgIpc) is 3.11. The van der Waals surface area contributed by atoms with Crippen molar-refractivity contribution >= 4 is 5.96 Å². The average molecular weight is 246 g/mol. The van der Waals surface area contributed by atoms with E-state index >= 15 is 0 Å². The zero-order chi connectivity index (χ0) is 12.4. The van der Waals surface area contributed by atoms with E-state index in [0.717, 1.165) is 12.2 Å². The summed E-state index contributed by atoms with van der Waals surface area (Å²) in [5, 5.41) is 3.24. The fourth-order valence-electron chi connectivity index (χ4n) is 2.10. The second-order valence-corrected chi connectivity index (χ2v) is 4.80. The lowest BCUT2D eigenvalue weighted by Crippen LogP contribution is -2.43. The molecule has 3 rings (SSSR count). The number of benzene rings is 1. The van der Waals surface area contributed by atoms with Crippen LogP contribution in [-0.2, 0) is 6.42 Å². The first-order valence-electron chi connectivity index (χ1n) is 6.37. The van der Waals surface area contributed by atoms with Crippen molar-refractivity contribution in [1.82, 2.24) is 10.7 Å². The molecule has 1 saturated carbocycles. The highest BCUT2D eigenvalue weighted by atomic mass is 16.5. The normalized spacial score (nSPS) is 22.3. The largest absolute Gasteiger partial charge is 0.488 e. The van der Waals surface area contributed by atoms with Gasteiger partial charge in [0.25, 0.3) is 0 Å². The molecule has 18 heavy (non-hydrogen) atoms. The monoisotopic (exact) mass is 246 g/mol. The molecule has 1 aliphatic carbocycles. The Labute approximate surface area is 106 Å². The van der Waals surface area contributed by atoms with Crippen molar-refractivity contribution in [2.24, 2.45) is 10.8 Å². The van der Waals surface area contributed by atoms with Crippen LogP contribution in [0.1, 0.15) is 18.4 Å². The van der Waals surface area contributed by atoms with Gasteiger partial charge in [-0.1, -0.05) is 18.2 Å². The lowest BCUT2D eigenvalue weighted by atomic mass is 10.1. The summed E-state index contributed by atoms with van der Waals surface area (Å²) in [7, 11) is 0.